The van der Waals surface area contributed by atoms with Crippen molar-refractivity contribution in [3.05, 3.63) is 30.6 Å². The van der Waals surface area contributed by atoms with Gasteiger partial charge in [-0.3, -0.25) is 0 Å². The summed E-state index contributed by atoms with van der Waals surface area (Å²) in [5.74, 6) is 1.59. The Hall–Kier alpha value is -1.68. The molecule has 108 valence electrons. The molecule has 2 rings (SSSR count). The summed E-state index contributed by atoms with van der Waals surface area (Å²) < 4.78 is 0. The number of hydrogen-bond donors (Lipinski definition) is 1. The molecule has 0 aliphatic heterocycles. The minimum absolute atomic E-state index is 0.392. The highest BCUT2D eigenvalue weighted by Crippen LogP contribution is 2.20. The van der Waals surface area contributed by atoms with Crippen LogP contribution in [0.5, 0.6) is 0 Å². The van der Waals surface area contributed by atoms with Gasteiger partial charge in [0.2, 0.25) is 0 Å². The van der Waals surface area contributed by atoms with Gasteiger partial charge in [-0.2, -0.15) is 0 Å². The zero-order valence-corrected chi connectivity index (χ0v) is 12.8. The molecular weight excluding hydrogens is 248 g/mol. The summed E-state index contributed by atoms with van der Waals surface area (Å²) in [7, 11) is 4.21. The van der Waals surface area contributed by atoms with Gasteiger partial charge in [0.25, 0.3) is 0 Å². The minimum Gasteiger partial charge on any atom is -0.365 e. The SMILES string of the molecule is CC(C)CC(CN(C)C)Nc1ncnc2ccccc12. The van der Waals surface area contributed by atoms with Crippen LogP contribution in [0.25, 0.3) is 10.9 Å². The third kappa shape index (κ3) is 3.90. The molecule has 0 saturated heterocycles. The molecule has 20 heavy (non-hydrogen) atoms. The maximum absolute atomic E-state index is 4.42. The molecule has 4 nitrogen and oxygen atoms in total. The van der Waals surface area contributed by atoms with E-state index in [0.717, 1.165) is 29.7 Å². The Morgan fingerprint density at radius 3 is 2.60 bits per heavy atom. The van der Waals surface area contributed by atoms with E-state index >= 15 is 0 Å². The number of rotatable bonds is 6. The second kappa shape index (κ2) is 6.66. The summed E-state index contributed by atoms with van der Waals surface area (Å²) in [5, 5.41) is 4.68. The number of likely N-dealkylation sites (N-methyl/N-ethyl adjacent to an activating group) is 1. The molecule has 0 aliphatic rings. The maximum Gasteiger partial charge on any atom is 0.137 e. The first-order valence-electron chi connectivity index (χ1n) is 7.17. The fourth-order valence-electron chi connectivity index (χ4n) is 2.50. The molecule has 1 atom stereocenters. The molecular formula is C16H24N4. The molecule has 1 aromatic heterocycles. The quantitative estimate of drug-likeness (QED) is 0.877. The van der Waals surface area contributed by atoms with Gasteiger partial charge in [-0.25, -0.2) is 9.97 Å². The number of anilines is 1. The Morgan fingerprint density at radius 2 is 1.90 bits per heavy atom. The fourth-order valence-corrected chi connectivity index (χ4v) is 2.50. The Labute approximate surface area is 121 Å². The first-order chi connectivity index (χ1) is 9.56. The van der Waals surface area contributed by atoms with E-state index in [0.29, 0.717) is 12.0 Å². The molecule has 1 unspecified atom stereocenters. The van der Waals surface area contributed by atoms with Crippen molar-refractivity contribution in [2.45, 2.75) is 26.3 Å². The zero-order chi connectivity index (χ0) is 14.5. The smallest absolute Gasteiger partial charge is 0.137 e. The second-order valence-electron chi connectivity index (χ2n) is 5.97. The molecule has 0 spiro atoms. The molecule has 4 heteroatoms. The molecule has 0 saturated carbocycles. The monoisotopic (exact) mass is 272 g/mol. The number of nitrogens with one attached hydrogen (secondary N) is 1. The highest BCUT2D eigenvalue weighted by molar-refractivity contribution is 5.88. The lowest BCUT2D eigenvalue weighted by molar-refractivity contribution is 0.356. The molecule has 2 aromatic rings. The third-order valence-electron chi connectivity index (χ3n) is 3.23. The summed E-state index contributed by atoms with van der Waals surface area (Å²) in [5.41, 5.74) is 0.984. The molecule has 1 aromatic carbocycles. The normalized spacial score (nSPS) is 13.1. The number of hydrogen-bond acceptors (Lipinski definition) is 4. The van der Waals surface area contributed by atoms with E-state index in [2.05, 4.69) is 54.2 Å². The molecule has 0 aliphatic carbocycles. The topological polar surface area (TPSA) is 41.0 Å². The van der Waals surface area contributed by atoms with E-state index in [4.69, 9.17) is 0 Å². The van der Waals surface area contributed by atoms with Crippen LogP contribution in [0.2, 0.25) is 0 Å². The van der Waals surface area contributed by atoms with Gasteiger partial charge in [-0.05, 0) is 38.6 Å². The average Bonchev–Trinajstić information content (AvgIpc) is 2.37. The van der Waals surface area contributed by atoms with Crippen LogP contribution in [-0.4, -0.2) is 41.5 Å². The third-order valence-corrected chi connectivity index (χ3v) is 3.23. The van der Waals surface area contributed by atoms with Crippen LogP contribution in [-0.2, 0) is 0 Å². The molecule has 0 bridgehead atoms. The van der Waals surface area contributed by atoms with Gasteiger partial charge < -0.3 is 10.2 Å². The lowest BCUT2D eigenvalue weighted by Crippen LogP contribution is -2.33. The molecule has 1 heterocycles. The Balaban J connectivity index is 2.23. The summed E-state index contributed by atoms with van der Waals surface area (Å²) in [6, 6.07) is 8.51. The first-order valence-corrected chi connectivity index (χ1v) is 7.17. The van der Waals surface area contributed by atoms with Gasteiger partial charge >= 0.3 is 0 Å². The zero-order valence-electron chi connectivity index (χ0n) is 12.8. The lowest BCUT2D eigenvalue weighted by atomic mass is 10.0. The maximum atomic E-state index is 4.42. The van der Waals surface area contributed by atoms with E-state index in [-0.39, 0.29) is 0 Å². The standard InChI is InChI=1S/C16H24N4/c1-12(2)9-13(10-20(3)4)19-16-14-7-5-6-8-15(14)17-11-18-16/h5-8,11-13H,9-10H2,1-4H3,(H,17,18,19). The van der Waals surface area contributed by atoms with E-state index in [1.807, 2.05) is 18.2 Å². The van der Waals surface area contributed by atoms with Crippen LogP contribution in [0.3, 0.4) is 0 Å². The number of benzene rings is 1. The average molecular weight is 272 g/mol. The van der Waals surface area contributed by atoms with Gasteiger partial charge in [-0.15, -0.1) is 0 Å². The van der Waals surface area contributed by atoms with E-state index in [9.17, 15) is 0 Å². The summed E-state index contributed by atoms with van der Waals surface area (Å²) in [6.07, 6.45) is 2.75. The molecule has 0 amide bonds. The highest BCUT2D eigenvalue weighted by Gasteiger charge is 2.14. The highest BCUT2D eigenvalue weighted by atomic mass is 15.1. The van der Waals surface area contributed by atoms with Crippen molar-refractivity contribution in [1.29, 1.82) is 0 Å². The number of fused-ring (bicyclic) bond motifs is 1. The van der Waals surface area contributed by atoms with Crippen LogP contribution < -0.4 is 5.32 Å². The first kappa shape index (κ1) is 14.7. The van der Waals surface area contributed by atoms with Gasteiger partial charge in [0, 0.05) is 18.0 Å². The Kier molecular flexibility index (Phi) is 4.90. The minimum atomic E-state index is 0.392. The van der Waals surface area contributed by atoms with Crippen molar-refractivity contribution in [3.8, 4) is 0 Å². The van der Waals surface area contributed by atoms with Crippen molar-refractivity contribution < 1.29 is 0 Å². The molecule has 0 fully saturated rings. The van der Waals surface area contributed by atoms with E-state index < -0.39 is 0 Å². The fraction of sp³-hybridized carbons (Fsp3) is 0.500. The van der Waals surface area contributed by atoms with E-state index in [1.54, 1.807) is 6.33 Å². The summed E-state index contributed by atoms with van der Waals surface area (Å²) >= 11 is 0. The second-order valence-corrected chi connectivity index (χ2v) is 5.97. The predicted octanol–water partition coefficient (Wildman–Crippen LogP) is 3.02. The predicted molar refractivity (Wildman–Crippen MR) is 85.0 cm³/mol. The van der Waals surface area contributed by atoms with Gasteiger partial charge in [0.1, 0.15) is 12.1 Å². The van der Waals surface area contributed by atoms with Crippen molar-refractivity contribution in [3.63, 3.8) is 0 Å². The van der Waals surface area contributed by atoms with Crippen LogP contribution in [0.1, 0.15) is 20.3 Å². The lowest BCUT2D eigenvalue weighted by Gasteiger charge is -2.24. The molecule has 1 N–H and O–H groups in total. The van der Waals surface area contributed by atoms with E-state index in [1.165, 1.54) is 0 Å². The van der Waals surface area contributed by atoms with Crippen molar-refractivity contribution in [2.24, 2.45) is 5.92 Å². The van der Waals surface area contributed by atoms with Crippen LogP contribution in [0, 0.1) is 5.92 Å². The Bertz CT molecular complexity index is 536. The summed E-state index contributed by atoms with van der Waals surface area (Å²) in [6.45, 7) is 5.50. The van der Waals surface area contributed by atoms with Crippen LogP contribution in [0.4, 0.5) is 5.82 Å². The van der Waals surface area contributed by atoms with Gasteiger partial charge in [0.05, 0.1) is 5.52 Å². The van der Waals surface area contributed by atoms with Crippen molar-refractivity contribution in [2.75, 3.05) is 26.0 Å². The Morgan fingerprint density at radius 1 is 1.15 bits per heavy atom. The number of para-hydroxylation sites is 1. The van der Waals surface area contributed by atoms with Gasteiger partial charge in [0.15, 0.2) is 0 Å². The number of nitrogens with zero attached hydrogens (tertiary/aromatic N) is 3. The summed E-state index contributed by atoms with van der Waals surface area (Å²) in [4.78, 5) is 10.9. The van der Waals surface area contributed by atoms with Crippen molar-refractivity contribution >= 4 is 16.7 Å². The van der Waals surface area contributed by atoms with Crippen molar-refractivity contribution in [1.82, 2.24) is 14.9 Å². The van der Waals surface area contributed by atoms with Gasteiger partial charge in [-0.1, -0.05) is 26.0 Å². The largest absolute Gasteiger partial charge is 0.365 e. The molecule has 0 radical (unpaired) electrons. The number of aromatic nitrogens is 2. The van der Waals surface area contributed by atoms with Crippen LogP contribution >= 0.6 is 0 Å². The van der Waals surface area contributed by atoms with Crippen LogP contribution in [0.15, 0.2) is 30.6 Å².